The van der Waals surface area contributed by atoms with Crippen LogP contribution in [-0.4, -0.2) is 23.0 Å². The summed E-state index contributed by atoms with van der Waals surface area (Å²) in [7, 11) is -1.05. The van der Waals surface area contributed by atoms with Crippen molar-refractivity contribution >= 4 is 37.1 Å². The molecule has 180 valence electrons. The molecule has 3 heteroatoms. The highest BCUT2D eigenvalue weighted by Gasteiger charge is 2.33. The SMILES string of the molecule is CCCCN(C(C)P(c1ccccc1)c1ccccc1)C(C)P(c1ccccc1)c1ccccc1. The van der Waals surface area contributed by atoms with Crippen molar-refractivity contribution in [2.24, 2.45) is 0 Å². The second kappa shape index (κ2) is 13.1. The fourth-order valence-electron chi connectivity index (χ4n) is 4.84. The Morgan fingerprint density at radius 3 is 1.06 bits per heavy atom. The van der Waals surface area contributed by atoms with E-state index in [0.717, 1.165) is 6.54 Å². The first-order chi connectivity index (χ1) is 17.2. The lowest BCUT2D eigenvalue weighted by Gasteiger charge is -2.42. The molecule has 0 saturated heterocycles. The molecule has 2 atom stereocenters. The Hall–Kier alpha value is -2.30. The molecule has 0 aliphatic carbocycles. The van der Waals surface area contributed by atoms with Crippen LogP contribution in [0.2, 0.25) is 0 Å². The van der Waals surface area contributed by atoms with Crippen molar-refractivity contribution in [3.8, 4) is 0 Å². The van der Waals surface area contributed by atoms with Crippen molar-refractivity contribution in [1.29, 1.82) is 0 Å². The molecule has 0 amide bonds. The molecular formula is C32H37NP2. The van der Waals surface area contributed by atoms with Crippen LogP contribution in [0.15, 0.2) is 121 Å². The average molecular weight is 498 g/mol. The van der Waals surface area contributed by atoms with Crippen molar-refractivity contribution in [3.05, 3.63) is 121 Å². The standard InChI is InChI=1S/C32H37NP2/c1-4-5-26-33(27(2)34(29-18-10-6-11-19-29)30-20-12-7-13-21-30)28(3)35(31-22-14-8-15-23-31)32-24-16-9-17-25-32/h6-25,27-28H,4-5,26H2,1-3H3. The summed E-state index contributed by atoms with van der Waals surface area (Å²) in [5.41, 5.74) is 0. The Balaban J connectivity index is 1.77. The van der Waals surface area contributed by atoms with Gasteiger partial charge in [0.05, 0.1) is 0 Å². The van der Waals surface area contributed by atoms with E-state index in [1.54, 1.807) is 0 Å². The van der Waals surface area contributed by atoms with Gasteiger partial charge in [0.15, 0.2) is 0 Å². The summed E-state index contributed by atoms with van der Waals surface area (Å²) < 4.78 is 0. The Bertz CT molecular complexity index is 951. The number of nitrogens with zero attached hydrogens (tertiary/aromatic N) is 1. The monoisotopic (exact) mass is 497 g/mol. The zero-order chi connectivity index (χ0) is 24.5. The summed E-state index contributed by atoms with van der Waals surface area (Å²) in [6.45, 7) is 8.38. The van der Waals surface area contributed by atoms with Gasteiger partial charge in [0.1, 0.15) is 0 Å². The van der Waals surface area contributed by atoms with E-state index in [1.807, 2.05) is 0 Å². The van der Waals surface area contributed by atoms with Gasteiger partial charge in [-0.3, -0.25) is 4.90 Å². The van der Waals surface area contributed by atoms with Gasteiger partial charge in [-0.2, -0.15) is 0 Å². The Labute approximate surface area is 214 Å². The van der Waals surface area contributed by atoms with Crippen LogP contribution >= 0.6 is 15.8 Å². The molecule has 4 aromatic rings. The van der Waals surface area contributed by atoms with E-state index >= 15 is 0 Å². The van der Waals surface area contributed by atoms with Gasteiger partial charge in [0, 0.05) is 11.6 Å². The Kier molecular flexibility index (Phi) is 9.67. The summed E-state index contributed by atoms with van der Waals surface area (Å²) in [6, 6.07) is 44.7. The lowest BCUT2D eigenvalue weighted by Crippen LogP contribution is -2.44. The Morgan fingerprint density at radius 1 is 0.514 bits per heavy atom. The van der Waals surface area contributed by atoms with Gasteiger partial charge >= 0.3 is 0 Å². The lowest BCUT2D eigenvalue weighted by atomic mass is 10.3. The van der Waals surface area contributed by atoms with Crippen LogP contribution in [-0.2, 0) is 0 Å². The van der Waals surface area contributed by atoms with Crippen LogP contribution in [0.3, 0.4) is 0 Å². The van der Waals surface area contributed by atoms with Crippen LogP contribution in [0, 0.1) is 0 Å². The molecule has 0 heterocycles. The van der Waals surface area contributed by atoms with Gasteiger partial charge in [-0.15, -0.1) is 0 Å². The zero-order valence-corrected chi connectivity index (χ0v) is 23.0. The quantitative estimate of drug-likeness (QED) is 0.201. The minimum atomic E-state index is -0.527. The van der Waals surface area contributed by atoms with Crippen molar-refractivity contribution < 1.29 is 0 Å². The minimum Gasteiger partial charge on any atom is -0.289 e. The summed E-state index contributed by atoms with van der Waals surface area (Å²) >= 11 is 0. The predicted octanol–water partition coefficient (Wildman–Crippen LogP) is 7.05. The molecule has 0 aromatic heterocycles. The third-order valence-corrected chi connectivity index (χ3v) is 12.1. The molecule has 0 radical (unpaired) electrons. The van der Waals surface area contributed by atoms with Gasteiger partial charge < -0.3 is 0 Å². The normalized spacial score (nSPS) is 13.3. The summed E-state index contributed by atoms with van der Waals surface area (Å²) in [5, 5.41) is 5.83. The lowest BCUT2D eigenvalue weighted by molar-refractivity contribution is 0.250. The first-order valence-corrected chi connectivity index (χ1v) is 15.6. The topological polar surface area (TPSA) is 3.24 Å². The number of hydrogen-bond donors (Lipinski definition) is 0. The largest absolute Gasteiger partial charge is 0.289 e. The van der Waals surface area contributed by atoms with Gasteiger partial charge in [0.2, 0.25) is 0 Å². The molecule has 35 heavy (non-hydrogen) atoms. The van der Waals surface area contributed by atoms with Gasteiger partial charge in [0.25, 0.3) is 0 Å². The molecular weight excluding hydrogens is 460 g/mol. The average Bonchev–Trinajstić information content (AvgIpc) is 2.92. The van der Waals surface area contributed by atoms with Crippen LogP contribution in [0.25, 0.3) is 0 Å². The number of unbranched alkanes of at least 4 members (excludes halogenated alkanes) is 1. The number of benzene rings is 4. The number of rotatable bonds is 11. The second-order valence-electron chi connectivity index (χ2n) is 8.94. The number of hydrogen-bond acceptors (Lipinski definition) is 1. The third kappa shape index (κ3) is 6.48. The van der Waals surface area contributed by atoms with Crippen LogP contribution < -0.4 is 21.2 Å². The molecule has 0 fully saturated rings. The maximum atomic E-state index is 2.83. The van der Waals surface area contributed by atoms with Gasteiger partial charge in [-0.1, -0.05) is 135 Å². The Morgan fingerprint density at radius 2 is 0.800 bits per heavy atom. The fourth-order valence-corrected chi connectivity index (χ4v) is 10.5. The van der Waals surface area contributed by atoms with E-state index in [-0.39, 0.29) is 0 Å². The molecule has 0 N–H and O–H groups in total. The molecule has 0 aliphatic rings. The van der Waals surface area contributed by atoms with E-state index in [4.69, 9.17) is 0 Å². The first-order valence-electron chi connectivity index (χ1n) is 12.7. The van der Waals surface area contributed by atoms with Crippen LogP contribution in [0.4, 0.5) is 0 Å². The molecule has 1 nitrogen and oxygen atoms in total. The van der Waals surface area contributed by atoms with Crippen molar-refractivity contribution in [1.82, 2.24) is 4.90 Å². The molecule has 2 unspecified atom stereocenters. The summed E-state index contributed by atoms with van der Waals surface area (Å²) in [6.07, 6.45) is 2.42. The molecule has 0 bridgehead atoms. The van der Waals surface area contributed by atoms with Crippen LogP contribution in [0.5, 0.6) is 0 Å². The summed E-state index contributed by atoms with van der Waals surface area (Å²) in [4.78, 5) is 2.83. The van der Waals surface area contributed by atoms with E-state index in [2.05, 4.69) is 147 Å². The third-order valence-electron chi connectivity index (χ3n) is 6.61. The molecule has 4 aromatic carbocycles. The highest BCUT2D eigenvalue weighted by atomic mass is 31.1. The van der Waals surface area contributed by atoms with Gasteiger partial charge in [-0.25, -0.2) is 0 Å². The van der Waals surface area contributed by atoms with Gasteiger partial charge in [-0.05, 0) is 63.9 Å². The highest BCUT2D eigenvalue weighted by Crippen LogP contribution is 2.48. The second-order valence-corrected chi connectivity index (χ2v) is 14.0. The van der Waals surface area contributed by atoms with E-state index < -0.39 is 15.8 Å². The van der Waals surface area contributed by atoms with Crippen molar-refractivity contribution in [2.45, 2.75) is 45.2 Å². The smallest absolute Gasteiger partial charge is 0.0356 e. The highest BCUT2D eigenvalue weighted by molar-refractivity contribution is 7.74. The minimum absolute atomic E-state index is 0.425. The van der Waals surface area contributed by atoms with E-state index in [0.29, 0.717) is 11.6 Å². The van der Waals surface area contributed by atoms with Crippen molar-refractivity contribution in [2.75, 3.05) is 6.54 Å². The molecule has 4 rings (SSSR count). The van der Waals surface area contributed by atoms with Crippen molar-refractivity contribution in [3.63, 3.8) is 0 Å². The molecule has 0 aliphatic heterocycles. The maximum Gasteiger partial charge on any atom is 0.0356 e. The molecule has 0 saturated carbocycles. The first kappa shape index (κ1) is 25.8. The van der Waals surface area contributed by atoms with E-state index in [1.165, 1.54) is 34.1 Å². The predicted molar refractivity (Wildman–Crippen MR) is 159 cm³/mol. The summed E-state index contributed by atoms with van der Waals surface area (Å²) in [5.74, 6) is 0.850. The van der Waals surface area contributed by atoms with Crippen LogP contribution in [0.1, 0.15) is 33.6 Å². The maximum absolute atomic E-state index is 2.83. The molecule has 0 spiro atoms. The van der Waals surface area contributed by atoms with E-state index in [9.17, 15) is 0 Å². The zero-order valence-electron chi connectivity index (χ0n) is 21.2. The fraction of sp³-hybridized carbons (Fsp3) is 0.250.